The number of fused-ring (bicyclic) bond motifs is 1. The number of ketones is 1. The molecule has 0 amide bonds. The van der Waals surface area contributed by atoms with E-state index in [1.165, 1.54) is 25.7 Å². The highest BCUT2D eigenvalue weighted by Gasteiger charge is 2.42. The topological polar surface area (TPSA) is 17.1 Å². The molecule has 1 nitrogen and oxygen atoms in total. The highest BCUT2D eigenvalue weighted by atomic mass is 16.1. The van der Waals surface area contributed by atoms with Crippen LogP contribution in [0.15, 0.2) is 0 Å². The molecule has 0 saturated heterocycles. The minimum atomic E-state index is 0.412. The molecule has 2 rings (SSSR count). The van der Waals surface area contributed by atoms with Crippen LogP contribution in [-0.4, -0.2) is 5.78 Å². The van der Waals surface area contributed by atoms with Gasteiger partial charge >= 0.3 is 0 Å². The number of carbonyl (C=O) groups is 1. The first kappa shape index (κ1) is 7.33. The molecule has 0 aliphatic heterocycles. The molecule has 62 valence electrons. The zero-order valence-corrected chi connectivity index (χ0v) is 7.23. The molecule has 11 heavy (non-hydrogen) atoms. The first-order valence-corrected chi connectivity index (χ1v) is 4.72. The Labute approximate surface area is 68.2 Å². The van der Waals surface area contributed by atoms with E-state index in [1.807, 2.05) is 0 Å². The summed E-state index contributed by atoms with van der Waals surface area (Å²) in [7, 11) is 0. The van der Waals surface area contributed by atoms with E-state index < -0.39 is 0 Å². The van der Waals surface area contributed by atoms with Crippen molar-refractivity contribution in [2.24, 2.45) is 11.3 Å². The fourth-order valence-electron chi connectivity index (χ4n) is 2.90. The van der Waals surface area contributed by atoms with Gasteiger partial charge in [-0.15, -0.1) is 0 Å². The molecule has 0 heterocycles. The number of hydrogen-bond donors (Lipinski definition) is 0. The summed E-state index contributed by atoms with van der Waals surface area (Å²) in [5, 5.41) is 0. The van der Waals surface area contributed by atoms with Gasteiger partial charge in [0, 0.05) is 12.8 Å². The fourth-order valence-corrected chi connectivity index (χ4v) is 2.90. The summed E-state index contributed by atoms with van der Waals surface area (Å²) < 4.78 is 0. The van der Waals surface area contributed by atoms with Crippen molar-refractivity contribution in [2.75, 3.05) is 0 Å². The Kier molecular flexibility index (Phi) is 1.55. The smallest absolute Gasteiger partial charge is 0.133 e. The van der Waals surface area contributed by atoms with Crippen molar-refractivity contribution in [3.05, 3.63) is 0 Å². The Bertz CT molecular complexity index is 185. The standard InChI is InChI=1S/C10H16O/c1-10-6-2-3-8(10)4-5-9(11)7-10/h8H,2-7H2,1H3. The van der Waals surface area contributed by atoms with Gasteiger partial charge in [0.25, 0.3) is 0 Å². The number of carbonyl (C=O) groups excluding carboxylic acids is 1. The quantitative estimate of drug-likeness (QED) is 0.521. The van der Waals surface area contributed by atoms with Gasteiger partial charge in [-0.3, -0.25) is 4.79 Å². The largest absolute Gasteiger partial charge is 0.300 e. The van der Waals surface area contributed by atoms with Gasteiger partial charge in [0.05, 0.1) is 0 Å². The van der Waals surface area contributed by atoms with Crippen LogP contribution in [0, 0.1) is 11.3 Å². The van der Waals surface area contributed by atoms with Crippen molar-refractivity contribution in [2.45, 2.75) is 45.4 Å². The van der Waals surface area contributed by atoms with Gasteiger partial charge < -0.3 is 0 Å². The molecular formula is C10H16O. The molecule has 2 fully saturated rings. The van der Waals surface area contributed by atoms with Crippen LogP contribution in [-0.2, 0) is 4.79 Å². The number of hydrogen-bond acceptors (Lipinski definition) is 1. The van der Waals surface area contributed by atoms with Crippen LogP contribution in [0.1, 0.15) is 45.4 Å². The third-order valence-corrected chi connectivity index (χ3v) is 3.66. The summed E-state index contributed by atoms with van der Waals surface area (Å²) in [6, 6.07) is 0. The molecule has 2 aliphatic carbocycles. The van der Waals surface area contributed by atoms with Crippen LogP contribution >= 0.6 is 0 Å². The third-order valence-electron chi connectivity index (χ3n) is 3.66. The first-order chi connectivity index (χ1) is 5.21. The Morgan fingerprint density at radius 1 is 1.45 bits per heavy atom. The van der Waals surface area contributed by atoms with Crippen molar-refractivity contribution in [3.63, 3.8) is 0 Å². The van der Waals surface area contributed by atoms with Gasteiger partial charge in [-0.1, -0.05) is 13.3 Å². The molecule has 0 N–H and O–H groups in total. The lowest BCUT2D eigenvalue weighted by Crippen LogP contribution is -2.30. The third kappa shape index (κ3) is 1.11. The van der Waals surface area contributed by atoms with E-state index in [0.717, 1.165) is 18.8 Å². The normalized spacial score (nSPS) is 44.1. The van der Waals surface area contributed by atoms with Crippen molar-refractivity contribution in [1.29, 1.82) is 0 Å². The van der Waals surface area contributed by atoms with Crippen LogP contribution in [0.4, 0.5) is 0 Å². The minimum absolute atomic E-state index is 0.412. The van der Waals surface area contributed by atoms with Gasteiger partial charge in [0.2, 0.25) is 0 Å². The highest BCUT2D eigenvalue weighted by molar-refractivity contribution is 5.80. The van der Waals surface area contributed by atoms with E-state index >= 15 is 0 Å². The number of rotatable bonds is 0. The Morgan fingerprint density at radius 3 is 3.09 bits per heavy atom. The molecule has 0 aromatic carbocycles. The van der Waals surface area contributed by atoms with Crippen molar-refractivity contribution < 1.29 is 4.79 Å². The molecule has 0 spiro atoms. The second-order valence-corrected chi connectivity index (χ2v) is 4.50. The van der Waals surface area contributed by atoms with Crippen molar-refractivity contribution in [3.8, 4) is 0 Å². The molecule has 2 saturated carbocycles. The van der Waals surface area contributed by atoms with Gasteiger partial charge in [0.1, 0.15) is 5.78 Å². The van der Waals surface area contributed by atoms with Crippen LogP contribution in [0.2, 0.25) is 0 Å². The molecule has 2 unspecified atom stereocenters. The maximum Gasteiger partial charge on any atom is 0.133 e. The summed E-state index contributed by atoms with van der Waals surface area (Å²) in [6.07, 6.45) is 6.94. The summed E-state index contributed by atoms with van der Waals surface area (Å²) in [6.45, 7) is 2.31. The lowest BCUT2D eigenvalue weighted by atomic mass is 9.69. The molecule has 2 aliphatic rings. The second kappa shape index (κ2) is 2.33. The molecule has 0 bridgehead atoms. The highest BCUT2D eigenvalue weighted by Crippen LogP contribution is 2.50. The summed E-state index contributed by atoms with van der Waals surface area (Å²) in [5.41, 5.74) is 0.412. The summed E-state index contributed by atoms with van der Waals surface area (Å²) in [4.78, 5) is 11.2. The van der Waals surface area contributed by atoms with Crippen LogP contribution < -0.4 is 0 Å². The average Bonchev–Trinajstić information content (AvgIpc) is 2.28. The second-order valence-electron chi connectivity index (χ2n) is 4.50. The van der Waals surface area contributed by atoms with Crippen molar-refractivity contribution in [1.82, 2.24) is 0 Å². The van der Waals surface area contributed by atoms with Crippen LogP contribution in [0.3, 0.4) is 0 Å². The predicted octanol–water partition coefficient (Wildman–Crippen LogP) is 2.55. The van der Waals surface area contributed by atoms with Gasteiger partial charge in [-0.05, 0) is 30.6 Å². The first-order valence-electron chi connectivity index (χ1n) is 4.72. The van der Waals surface area contributed by atoms with E-state index in [4.69, 9.17) is 0 Å². The van der Waals surface area contributed by atoms with Crippen LogP contribution in [0.25, 0.3) is 0 Å². The van der Waals surface area contributed by atoms with Gasteiger partial charge in [0.15, 0.2) is 0 Å². The fraction of sp³-hybridized carbons (Fsp3) is 0.900. The summed E-state index contributed by atoms with van der Waals surface area (Å²) >= 11 is 0. The molecule has 0 aromatic rings. The predicted molar refractivity (Wildman–Crippen MR) is 44.3 cm³/mol. The van der Waals surface area contributed by atoms with Crippen molar-refractivity contribution >= 4 is 5.78 Å². The molecule has 1 heteroatoms. The Morgan fingerprint density at radius 2 is 2.27 bits per heavy atom. The molecular weight excluding hydrogens is 136 g/mol. The maximum atomic E-state index is 11.2. The van der Waals surface area contributed by atoms with Crippen LogP contribution in [0.5, 0.6) is 0 Å². The van der Waals surface area contributed by atoms with E-state index in [2.05, 4.69) is 6.92 Å². The molecule has 2 atom stereocenters. The lowest BCUT2D eigenvalue weighted by Gasteiger charge is -2.35. The zero-order valence-electron chi connectivity index (χ0n) is 7.23. The van der Waals surface area contributed by atoms with E-state index in [0.29, 0.717) is 11.2 Å². The minimum Gasteiger partial charge on any atom is -0.300 e. The molecule has 0 aromatic heterocycles. The average molecular weight is 152 g/mol. The number of Topliss-reactive ketones (excluding diaryl/α,β-unsaturated/α-hetero) is 1. The van der Waals surface area contributed by atoms with E-state index in [9.17, 15) is 4.79 Å². The summed E-state index contributed by atoms with van der Waals surface area (Å²) in [5.74, 6) is 1.38. The zero-order chi connectivity index (χ0) is 7.90. The van der Waals surface area contributed by atoms with E-state index in [-0.39, 0.29) is 0 Å². The maximum absolute atomic E-state index is 11.2. The Hall–Kier alpha value is -0.330. The Balaban J connectivity index is 2.16. The van der Waals surface area contributed by atoms with Gasteiger partial charge in [-0.25, -0.2) is 0 Å². The monoisotopic (exact) mass is 152 g/mol. The molecule has 0 radical (unpaired) electrons. The van der Waals surface area contributed by atoms with Gasteiger partial charge in [-0.2, -0.15) is 0 Å². The SMILES string of the molecule is CC12CCCC1CCC(=O)C2. The lowest BCUT2D eigenvalue weighted by molar-refractivity contribution is -0.124. The van der Waals surface area contributed by atoms with E-state index in [1.54, 1.807) is 0 Å².